The van der Waals surface area contributed by atoms with E-state index in [4.69, 9.17) is 0 Å². The van der Waals surface area contributed by atoms with Crippen LogP contribution >= 0.6 is 15.9 Å². The average molecular weight is 419 g/mol. The van der Waals surface area contributed by atoms with Crippen LogP contribution in [0, 0.1) is 0 Å². The molecule has 0 saturated heterocycles. The maximum Gasteiger partial charge on any atom is 0.269 e. The SMILES string of the molecule is O=C(NNc1nc(-c2ccccc2)c2cc(Br)ccc2n1)c1ccccc1. The summed E-state index contributed by atoms with van der Waals surface area (Å²) < 4.78 is 0.953. The van der Waals surface area contributed by atoms with E-state index in [9.17, 15) is 4.79 Å². The highest BCUT2D eigenvalue weighted by Crippen LogP contribution is 2.29. The molecule has 2 N–H and O–H groups in total. The van der Waals surface area contributed by atoms with Crippen molar-refractivity contribution in [1.29, 1.82) is 0 Å². The standard InChI is InChI=1S/C21H15BrN4O/c22-16-11-12-18-17(13-16)19(14-7-3-1-4-8-14)24-21(23-18)26-25-20(27)15-9-5-2-6-10-15/h1-13H,(H,25,27)(H,23,24,26). The number of hydrazine groups is 1. The number of aromatic nitrogens is 2. The number of fused-ring (bicyclic) bond motifs is 1. The number of hydrogen-bond acceptors (Lipinski definition) is 4. The minimum Gasteiger partial charge on any atom is -0.267 e. The number of amides is 1. The van der Waals surface area contributed by atoms with Crippen molar-refractivity contribution in [2.75, 3.05) is 5.43 Å². The number of nitrogens with one attached hydrogen (secondary N) is 2. The zero-order valence-corrected chi connectivity index (χ0v) is 15.8. The Kier molecular flexibility index (Phi) is 4.80. The second-order valence-electron chi connectivity index (χ2n) is 5.87. The van der Waals surface area contributed by atoms with Crippen LogP contribution in [0.1, 0.15) is 10.4 Å². The molecule has 5 nitrogen and oxygen atoms in total. The molecule has 1 heterocycles. The third kappa shape index (κ3) is 3.80. The van der Waals surface area contributed by atoms with Crippen LogP contribution < -0.4 is 10.9 Å². The van der Waals surface area contributed by atoms with Gasteiger partial charge < -0.3 is 0 Å². The van der Waals surface area contributed by atoms with Crippen LogP contribution in [0.15, 0.2) is 83.3 Å². The molecule has 0 saturated carbocycles. The molecule has 0 radical (unpaired) electrons. The van der Waals surface area contributed by atoms with Crippen LogP contribution in [-0.2, 0) is 0 Å². The van der Waals surface area contributed by atoms with Gasteiger partial charge in [-0.2, -0.15) is 0 Å². The fourth-order valence-electron chi connectivity index (χ4n) is 2.75. The average Bonchev–Trinajstić information content (AvgIpc) is 2.73. The number of halogens is 1. The van der Waals surface area contributed by atoms with Gasteiger partial charge in [-0.05, 0) is 30.3 Å². The fourth-order valence-corrected chi connectivity index (χ4v) is 3.11. The van der Waals surface area contributed by atoms with Gasteiger partial charge in [0, 0.05) is 21.0 Å². The summed E-state index contributed by atoms with van der Waals surface area (Å²) >= 11 is 3.51. The number of hydrogen-bond donors (Lipinski definition) is 2. The summed E-state index contributed by atoms with van der Waals surface area (Å²) in [6.45, 7) is 0. The van der Waals surface area contributed by atoms with Gasteiger partial charge in [-0.15, -0.1) is 0 Å². The summed E-state index contributed by atoms with van der Waals surface area (Å²) in [5, 5.41) is 0.926. The topological polar surface area (TPSA) is 66.9 Å². The maximum absolute atomic E-state index is 12.2. The first-order chi connectivity index (χ1) is 13.2. The molecular weight excluding hydrogens is 404 g/mol. The monoisotopic (exact) mass is 418 g/mol. The first-order valence-electron chi connectivity index (χ1n) is 8.35. The van der Waals surface area contributed by atoms with Crippen LogP contribution in [0.5, 0.6) is 0 Å². The van der Waals surface area contributed by atoms with Crippen LogP contribution in [0.4, 0.5) is 5.95 Å². The van der Waals surface area contributed by atoms with E-state index < -0.39 is 0 Å². The van der Waals surface area contributed by atoms with E-state index in [-0.39, 0.29) is 5.91 Å². The van der Waals surface area contributed by atoms with Gasteiger partial charge in [0.1, 0.15) is 0 Å². The highest BCUT2D eigenvalue weighted by Gasteiger charge is 2.11. The Balaban J connectivity index is 1.69. The summed E-state index contributed by atoms with van der Waals surface area (Å²) in [5.41, 5.74) is 8.57. The number of carbonyl (C=O) groups excluding carboxylic acids is 1. The number of carbonyl (C=O) groups is 1. The lowest BCUT2D eigenvalue weighted by Gasteiger charge is -2.11. The third-order valence-electron chi connectivity index (χ3n) is 4.03. The minimum absolute atomic E-state index is 0.253. The molecule has 0 aliphatic rings. The molecule has 4 rings (SSSR count). The number of anilines is 1. The molecule has 0 bridgehead atoms. The summed E-state index contributed by atoms with van der Waals surface area (Å²) in [5.74, 6) is 0.0734. The Morgan fingerprint density at radius 1 is 0.852 bits per heavy atom. The van der Waals surface area contributed by atoms with Gasteiger partial charge in [0.15, 0.2) is 0 Å². The Morgan fingerprint density at radius 2 is 1.56 bits per heavy atom. The second kappa shape index (κ2) is 7.55. The van der Waals surface area contributed by atoms with Crippen LogP contribution in [-0.4, -0.2) is 15.9 Å². The van der Waals surface area contributed by atoms with Crippen molar-refractivity contribution < 1.29 is 4.79 Å². The maximum atomic E-state index is 12.2. The molecule has 0 spiro atoms. The van der Waals surface area contributed by atoms with Gasteiger partial charge >= 0.3 is 0 Å². The van der Waals surface area contributed by atoms with E-state index in [1.54, 1.807) is 12.1 Å². The zero-order valence-electron chi connectivity index (χ0n) is 14.2. The lowest BCUT2D eigenvalue weighted by Crippen LogP contribution is -2.30. The van der Waals surface area contributed by atoms with Crippen molar-refractivity contribution in [3.63, 3.8) is 0 Å². The van der Waals surface area contributed by atoms with Crippen molar-refractivity contribution >= 4 is 38.7 Å². The molecule has 1 aromatic heterocycles. The first-order valence-corrected chi connectivity index (χ1v) is 9.14. The molecule has 1 amide bonds. The van der Waals surface area contributed by atoms with Crippen molar-refractivity contribution in [2.24, 2.45) is 0 Å². The summed E-state index contributed by atoms with van der Waals surface area (Å²) in [6.07, 6.45) is 0. The summed E-state index contributed by atoms with van der Waals surface area (Å²) in [6, 6.07) is 24.7. The van der Waals surface area contributed by atoms with Gasteiger partial charge in [0.2, 0.25) is 5.95 Å². The van der Waals surface area contributed by atoms with E-state index in [1.165, 1.54) is 0 Å². The third-order valence-corrected chi connectivity index (χ3v) is 4.52. The Morgan fingerprint density at radius 3 is 2.30 bits per heavy atom. The minimum atomic E-state index is -0.253. The Labute approximate surface area is 164 Å². The largest absolute Gasteiger partial charge is 0.269 e. The molecule has 27 heavy (non-hydrogen) atoms. The fraction of sp³-hybridized carbons (Fsp3) is 0. The lowest BCUT2D eigenvalue weighted by molar-refractivity contribution is 0.0962. The van der Waals surface area contributed by atoms with Crippen molar-refractivity contribution in [2.45, 2.75) is 0 Å². The molecule has 132 valence electrons. The summed E-state index contributed by atoms with van der Waals surface area (Å²) in [7, 11) is 0. The second-order valence-corrected chi connectivity index (χ2v) is 6.78. The Hall–Kier alpha value is -3.25. The van der Waals surface area contributed by atoms with Gasteiger partial charge in [0.05, 0.1) is 11.2 Å². The van der Waals surface area contributed by atoms with Crippen LogP contribution in [0.3, 0.4) is 0 Å². The van der Waals surface area contributed by atoms with Crippen molar-refractivity contribution in [1.82, 2.24) is 15.4 Å². The van der Waals surface area contributed by atoms with Crippen molar-refractivity contribution in [3.8, 4) is 11.3 Å². The van der Waals surface area contributed by atoms with Gasteiger partial charge in [-0.1, -0.05) is 64.5 Å². The number of nitrogens with zero attached hydrogens (tertiary/aromatic N) is 2. The van der Waals surface area contributed by atoms with E-state index in [2.05, 4.69) is 36.7 Å². The molecular formula is C21H15BrN4O. The van der Waals surface area contributed by atoms with Crippen molar-refractivity contribution in [3.05, 3.63) is 88.9 Å². The zero-order chi connectivity index (χ0) is 18.6. The molecule has 0 unspecified atom stereocenters. The molecule has 0 aliphatic heterocycles. The van der Waals surface area contributed by atoms with Gasteiger partial charge in [-0.25, -0.2) is 9.97 Å². The molecule has 4 aromatic rings. The predicted octanol–water partition coefficient (Wildman–Crippen LogP) is 4.82. The van der Waals surface area contributed by atoms with E-state index in [0.717, 1.165) is 26.6 Å². The molecule has 0 atom stereocenters. The van der Waals surface area contributed by atoms with E-state index in [1.807, 2.05) is 66.7 Å². The lowest BCUT2D eigenvalue weighted by atomic mass is 10.1. The molecule has 0 aliphatic carbocycles. The number of rotatable bonds is 4. The highest BCUT2D eigenvalue weighted by molar-refractivity contribution is 9.10. The van der Waals surface area contributed by atoms with E-state index in [0.29, 0.717) is 11.5 Å². The smallest absolute Gasteiger partial charge is 0.267 e. The predicted molar refractivity (Wildman–Crippen MR) is 110 cm³/mol. The highest BCUT2D eigenvalue weighted by atomic mass is 79.9. The van der Waals surface area contributed by atoms with Gasteiger partial charge in [0.25, 0.3) is 5.91 Å². The normalized spacial score (nSPS) is 10.6. The quantitative estimate of drug-likeness (QED) is 0.466. The van der Waals surface area contributed by atoms with Crippen LogP contribution in [0.2, 0.25) is 0 Å². The molecule has 0 fully saturated rings. The van der Waals surface area contributed by atoms with E-state index >= 15 is 0 Å². The Bertz CT molecular complexity index is 1100. The molecule has 6 heteroatoms. The van der Waals surface area contributed by atoms with Gasteiger partial charge in [-0.3, -0.25) is 15.6 Å². The first kappa shape index (κ1) is 17.2. The number of benzene rings is 3. The van der Waals surface area contributed by atoms with Crippen LogP contribution in [0.25, 0.3) is 22.2 Å². The molecule has 3 aromatic carbocycles. The summed E-state index contributed by atoms with van der Waals surface area (Å²) in [4.78, 5) is 21.4.